The molecule has 0 amide bonds. The van der Waals surface area contributed by atoms with Gasteiger partial charge in [0.25, 0.3) is 0 Å². The summed E-state index contributed by atoms with van der Waals surface area (Å²) in [5.41, 5.74) is 0. The van der Waals surface area contributed by atoms with Crippen LogP contribution in [-0.2, 0) is 10.0 Å². The molecule has 0 fully saturated rings. The maximum absolute atomic E-state index is 11.6. The molecule has 0 saturated carbocycles. The normalized spacial score (nSPS) is 12.2. The quantitative estimate of drug-likeness (QED) is 0.526. The maximum atomic E-state index is 11.6. The maximum Gasteiger partial charge on any atom is 0.211 e. The standard InChI is InChI=1S/C11H27N3O2S/c1-4-7-12-8-5-6-11-17(15,16)13-9-10-14(2)3/h12-13H,4-11H2,1-3H3. The van der Waals surface area contributed by atoms with E-state index < -0.39 is 10.0 Å². The first kappa shape index (κ1) is 16.8. The van der Waals surface area contributed by atoms with Gasteiger partial charge in [-0.05, 0) is 46.4 Å². The van der Waals surface area contributed by atoms with Crippen molar-refractivity contribution in [3.63, 3.8) is 0 Å². The fourth-order valence-corrected chi connectivity index (χ4v) is 2.47. The van der Waals surface area contributed by atoms with Crippen LogP contribution in [-0.4, -0.2) is 59.3 Å². The Morgan fingerprint density at radius 3 is 2.35 bits per heavy atom. The van der Waals surface area contributed by atoms with Crippen molar-refractivity contribution in [3.8, 4) is 0 Å². The molecule has 0 bridgehead atoms. The number of rotatable bonds is 11. The van der Waals surface area contributed by atoms with E-state index in [9.17, 15) is 8.42 Å². The van der Waals surface area contributed by atoms with Crippen molar-refractivity contribution in [1.82, 2.24) is 14.9 Å². The van der Waals surface area contributed by atoms with Gasteiger partial charge in [0.2, 0.25) is 10.0 Å². The molecule has 0 heterocycles. The Labute approximate surface area is 106 Å². The van der Waals surface area contributed by atoms with Crippen molar-refractivity contribution in [1.29, 1.82) is 0 Å². The summed E-state index contributed by atoms with van der Waals surface area (Å²) in [6.07, 6.45) is 2.74. The summed E-state index contributed by atoms with van der Waals surface area (Å²) in [5, 5.41) is 3.26. The second kappa shape index (κ2) is 9.82. The first-order valence-corrected chi connectivity index (χ1v) is 7.96. The van der Waals surface area contributed by atoms with Gasteiger partial charge in [-0.1, -0.05) is 6.92 Å². The predicted molar refractivity (Wildman–Crippen MR) is 72.7 cm³/mol. The SMILES string of the molecule is CCCNCCCCS(=O)(=O)NCCN(C)C. The number of sulfonamides is 1. The Hall–Kier alpha value is -0.170. The average Bonchev–Trinajstić information content (AvgIpc) is 2.22. The molecule has 5 nitrogen and oxygen atoms in total. The molecular weight excluding hydrogens is 238 g/mol. The molecule has 0 rings (SSSR count). The smallest absolute Gasteiger partial charge is 0.211 e. The zero-order valence-electron chi connectivity index (χ0n) is 11.3. The lowest BCUT2D eigenvalue weighted by molar-refractivity contribution is 0.412. The minimum Gasteiger partial charge on any atom is -0.317 e. The topological polar surface area (TPSA) is 61.4 Å². The molecular formula is C11H27N3O2S. The van der Waals surface area contributed by atoms with Crippen molar-refractivity contribution < 1.29 is 8.42 Å². The molecule has 0 aliphatic rings. The Morgan fingerprint density at radius 1 is 1.06 bits per heavy atom. The highest BCUT2D eigenvalue weighted by molar-refractivity contribution is 7.89. The molecule has 0 aliphatic heterocycles. The summed E-state index contributed by atoms with van der Waals surface area (Å²) in [4.78, 5) is 1.96. The first-order chi connectivity index (χ1) is 7.98. The van der Waals surface area contributed by atoms with Crippen molar-refractivity contribution in [2.45, 2.75) is 26.2 Å². The first-order valence-electron chi connectivity index (χ1n) is 6.30. The fraction of sp³-hybridized carbons (Fsp3) is 1.00. The number of unbranched alkanes of at least 4 members (excludes halogenated alkanes) is 1. The minimum absolute atomic E-state index is 0.230. The van der Waals surface area contributed by atoms with Gasteiger partial charge in [-0.3, -0.25) is 0 Å². The Bertz CT molecular complexity index is 266. The lowest BCUT2D eigenvalue weighted by atomic mass is 10.3. The van der Waals surface area contributed by atoms with Gasteiger partial charge in [0, 0.05) is 13.1 Å². The molecule has 0 unspecified atom stereocenters. The lowest BCUT2D eigenvalue weighted by Crippen LogP contribution is -2.33. The lowest BCUT2D eigenvalue weighted by Gasteiger charge is -2.10. The predicted octanol–water partition coefficient (Wildman–Crippen LogP) is 0.247. The average molecular weight is 265 g/mol. The molecule has 0 aromatic rings. The van der Waals surface area contributed by atoms with Gasteiger partial charge in [-0.15, -0.1) is 0 Å². The van der Waals surface area contributed by atoms with Crippen LogP contribution < -0.4 is 10.0 Å². The van der Waals surface area contributed by atoms with Crippen LogP contribution in [0.15, 0.2) is 0 Å². The van der Waals surface area contributed by atoms with Crippen LogP contribution in [0.4, 0.5) is 0 Å². The number of nitrogens with zero attached hydrogens (tertiary/aromatic N) is 1. The second-order valence-electron chi connectivity index (χ2n) is 4.47. The van der Waals surface area contributed by atoms with Gasteiger partial charge in [-0.25, -0.2) is 13.1 Å². The third kappa shape index (κ3) is 12.1. The van der Waals surface area contributed by atoms with E-state index in [1.165, 1.54) is 0 Å². The Morgan fingerprint density at radius 2 is 1.76 bits per heavy atom. The highest BCUT2D eigenvalue weighted by Crippen LogP contribution is 1.93. The molecule has 17 heavy (non-hydrogen) atoms. The number of nitrogens with one attached hydrogen (secondary N) is 2. The van der Waals surface area contributed by atoms with Gasteiger partial charge in [0.05, 0.1) is 5.75 Å². The number of hydrogen-bond donors (Lipinski definition) is 2. The van der Waals surface area contributed by atoms with Crippen molar-refractivity contribution in [3.05, 3.63) is 0 Å². The van der Waals surface area contributed by atoms with Crippen LogP contribution in [0.3, 0.4) is 0 Å². The fourth-order valence-electron chi connectivity index (χ4n) is 1.34. The van der Waals surface area contributed by atoms with Gasteiger partial charge < -0.3 is 10.2 Å². The third-order valence-electron chi connectivity index (χ3n) is 2.32. The van der Waals surface area contributed by atoms with Gasteiger partial charge in [0.1, 0.15) is 0 Å². The van der Waals surface area contributed by atoms with E-state index in [0.29, 0.717) is 13.0 Å². The zero-order chi connectivity index (χ0) is 13.1. The van der Waals surface area contributed by atoms with E-state index in [2.05, 4.69) is 17.0 Å². The van der Waals surface area contributed by atoms with Crippen LogP contribution in [0.25, 0.3) is 0 Å². The van der Waals surface area contributed by atoms with E-state index >= 15 is 0 Å². The van der Waals surface area contributed by atoms with E-state index in [1.54, 1.807) is 0 Å². The van der Waals surface area contributed by atoms with Crippen LogP contribution in [0.2, 0.25) is 0 Å². The van der Waals surface area contributed by atoms with Crippen molar-refractivity contribution >= 4 is 10.0 Å². The molecule has 6 heteroatoms. The summed E-state index contributed by atoms with van der Waals surface area (Å²) in [6.45, 7) is 5.25. The van der Waals surface area contributed by atoms with Gasteiger partial charge in [-0.2, -0.15) is 0 Å². The van der Waals surface area contributed by atoms with Crippen molar-refractivity contribution in [2.24, 2.45) is 0 Å². The highest BCUT2D eigenvalue weighted by Gasteiger charge is 2.08. The van der Waals surface area contributed by atoms with Gasteiger partial charge in [0.15, 0.2) is 0 Å². The molecule has 0 spiro atoms. The van der Waals surface area contributed by atoms with Crippen LogP contribution in [0.5, 0.6) is 0 Å². The molecule has 0 aromatic carbocycles. The molecule has 0 aliphatic carbocycles. The Balaban J connectivity index is 3.51. The molecule has 0 radical (unpaired) electrons. The van der Waals surface area contributed by atoms with Gasteiger partial charge >= 0.3 is 0 Å². The second-order valence-corrected chi connectivity index (χ2v) is 6.40. The Kier molecular flexibility index (Phi) is 9.72. The highest BCUT2D eigenvalue weighted by atomic mass is 32.2. The largest absolute Gasteiger partial charge is 0.317 e. The van der Waals surface area contributed by atoms with Crippen LogP contribution in [0.1, 0.15) is 26.2 Å². The summed E-state index contributed by atoms with van der Waals surface area (Å²) in [7, 11) is 0.774. The van der Waals surface area contributed by atoms with E-state index in [1.807, 2.05) is 19.0 Å². The van der Waals surface area contributed by atoms with E-state index in [4.69, 9.17) is 0 Å². The molecule has 0 aromatic heterocycles. The van der Waals surface area contributed by atoms with E-state index in [0.717, 1.165) is 32.5 Å². The molecule has 2 N–H and O–H groups in total. The number of likely N-dealkylation sites (N-methyl/N-ethyl adjacent to an activating group) is 1. The molecule has 104 valence electrons. The number of hydrogen-bond acceptors (Lipinski definition) is 4. The summed E-state index contributed by atoms with van der Waals surface area (Å²) >= 11 is 0. The summed E-state index contributed by atoms with van der Waals surface area (Å²) in [6, 6.07) is 0. The molecule has 0 atom stereocenters. The minimum atomic E-state index is -3.07. The van der Waals surface area contributed by atoms with Crippen molar-refractivity contribution in [2.75, 3.05) is 46.0 Å². The third-order valence-corrected chi connectivity index (χ3v) is 3.79. The summed E-state index contributed by atoms with van der Waals surface area (Å²) < 4.78 is 25.7. The monoisotopic (exact) mass is 265 g/mol. The zero-order valence-corrected chi connectivity index (χ0v) is 12.1. The summed E-state index contributed by atoms with van der Waals surface area (Å²) in [5.74, 6) is 0.230. The van der Waals surface area contributed by atoms with Crippen LogP contribution in [0, 0.1) is 0 Å². The molecule has 0 saturated heterocycles. The van der Waals surface area contributed by atoms with E-state index in [-0.39, 0.29) is 5.75 Å². The van der Waals surface area contributed by atoms with Crippen LogP contribution >= 0.6 is 0 Å².